The predicted octanol–water partition coefficient (Wildman–Crippen LogP) is 1.22. The van der Waals surface area contributed by atoms with Gasteiger partial charge in [-0.15, -0.1) is 0 Å². The van der Waals surface area contributed by atoms with Crippen LogP contribution in [0.3, 0.4) is 0 Å². The van der Waals surface area contributed by atoms with Crippen molar-refractivity contribution in [3.8, 4) is 0 Å². The number of nitrogens with zero attached hydrogens (tertiary/aromatic N) is 3. The van der Waals surface area contributed by atoms with E-state index in [9.17, 15) is 4.79 Å². The summed E-state index contributed by atoms with van der Waals surface area (Å²) in [6.45, 7) is 6.28. The number of carbonyl (C=O) groups is 1. The number of amidine groups is 1. The Bertz CT molecular complexity index is 300. The second-order valence-corrected chi connectivity index (χ2v) is 4.75. The largest absolute Gasteiger partial charge is 0.448 e. The van der Waals surface area contributed by atoms with Crippen LogP contribution < -0.4 is 0 Å². The average molecular weight is 271 g/mol. The molecule has 0 aromatic carbocycles. The van der Waals surface area contributed by atoms with E-state index >= 15 is 0 Å². The van der Waals surface area contributed by atoms with Crippen LogP contribution in [0.2, 0.25) is 0 Å². The lowest BCUT2D eigenvalue weighted by molar-refractivity contribution is 0.0670. The van der Waals surface area contributed by atoms with E-state index in [1.165, 1.54) is 0 Å². The zero-order valence-corrected chi connectivity index (χ0v) is 12.2. The van der Waals surface area contributed by atoms with E-state index in [1.54, 1.807) is 0 Å². The summed E-state index contributed by atoms with van der Waals surface area (Å²) in [5.41, 5.74) is 0. The smallest absolute Gasteiger partial charge is 0.435 e. The third-order valence-electron chi connectivity index (χ3n) is 2.89. The van der Waals surface area contributed by atoms with Gasteiger partial charge in [0.05, 0.1) is 19.8 Å². The van der Waals surface area contributed by atoms with E-state index in [2.05, 4.69) is 14.8 Å². The highest BCUT2D eigenvalue weighted by Gasteiger charge is 2.15. The SMILES string of the molecule is CCC(=NC(=O)OCCCN(C)C)N1CCOCC1. The summed E-state index contributed by atoms with van der Waals surface area (Å²) >= 11 is 0. The van der Waals surface area contributed by atoms with Crippen LogP contribution in [-0.4, -0.2) is 75.3 Å². The number of hydrogen-bond donors (Lipinski definition) is 0. The average Bonchev–Trinajstić information content (AvgIpc) is 2.41. The lowest BCUT2D eigenvalue weighted by Crippen LogP contribution is -2.40. The summed E-state index contributed by atoms with van der Waals surface area (Å²) in [6.07, 6.45) is 1.07. The molecule has 19 heavy (non-hydrogen) atoms. The maximum Gasteiger partial charge on any atom is 0.435 e. The van der Waals surface area contributed by atoms with Crippen molar-refractivity contribution >= 4 is 11.9 Å². The fraction of sp³-hybridized carbons (Fsp3) is 0.846. The molecule has 1 aliphatic rings. The Balaban J connectivity index is 2.34. The van der Waals surface area contributed by atoms with Gasteiger partial charge >= 0.3 is 6.09 Å². The third-order valence-corrected chi connectivity index (χ3v) is 2.89. The molecule has 1 fully saturated rings. The van der Waals surface area contributed by atoms with Crippen LogP contribution in [0.15, 0.2) is 4.99 Å². The maximum absolute atomic E-state index is 11.6. The fourth-order valence-corrected chi connectivity index (χ4v) is 1.87. The molecule has 1 aliphatic heterocycles. The Kier molecular flexibility index (Phi) is 7.43. The van der Waals surface area contributed by atoms with Gasteiger partial charge in [-0.1, -0.05) is 6.92 Å². The molecule has 0 spiro atoms. The summed E-state index contributed by atoms with van der Waals surface area (Å²) < 4.78 is 10.4. The van der Waals surface area contributed by atoms with Gasteiger partial charge in [-0.25, -0.2) is 4.79 Å². The molecular weight excluding hydrogens is 246 g/mol. The van der Waals surface area contributed by atoms with Gasteiger partial charge in [0.1, 0.15) is 5.84 Å². The van der Waals surface area contributed by atoms with Crippen molar-refractivity contribution in [3.05, 3.63) is 0 Å². The second kappa shape index (κ2) is 8.87. The third kappa shape index (κ3) is 6.54. The summed E-state index contributed by atoms with van der Waals surface area (Å²) in [5, 5.41) is 0. The minimum Gasteiger partial charge on any atom is -0.448 e. The van der Waals surface area contributed by atoms with Crippen molar-refractivity contribution in [3.63, 3.8) is 0 Å². The van der Waals surface area contributed by atoms with Crippen LogP contribution in [-0.2, 0) is 9.47 Å². The first-order valence-corrected chi connectivity index (χ1v) is 6.85. The molecule has 0 saturated carbocycles. The van der Waals surface area contributed by atoms with Crippen molar-refractivity contribution in [2.45, 2.75) is 19.8 Å². The normalized spacial score (nSPS) is 16.8. The molecule has 0 aromatic rings. The lowest BCUT2D eigenvalue weighted by atomic mass is 10.3. The first kappa shape index (κ1) is 15.9. The Morgan fingerprint density at radius 1 is 1.37 bits per heavy atom. The molecule has 0 aliphatic carbocycles. The monoisotopic (exact) mass is 271 g/mol. The fourth-order valence-electron chi connectivity index (χ4n) is 1.87. The number of amides is 1. The molecule has 0 N–H and O–H groups in total. The van der Waals surface area contributed by atoms with Gasteiger partial charge < -0.3 is 19.3 Å². The molecule has 0 atom stereocenters. The van der Waals surface area contributed by atoms with Gasteiger partial charge in [-0.2, -0.15) is 4.99 Å². The first-order chi connectivity index (χ1) is 9.13. The molecule has 0 bridgehead atoms. The highest BCUT2D eigenvalue weighted by Crippen LogP contribution is 2.03. The minimum atomic E-state index is -0.484. The highest BCUT2D eigenvalue weighted by atomic mass is 16.5. The molecule has 0 aromatic heterocycles. The number of morpholine rings is 1. The van der Waals surface area contributed by atoms with Crippen LogP contribution in [0.1, 0.15) is 19.8 Å². The Labute approximate surface area is 115 Å². The molecule has 1 amide bonds. The quantitative estimate of drug-likeness (QED) is 0.427. The van der Waals surface area contributed by atoms with E-state index in [0.29, 0.717) is 19.8 Å². The second-order valence-electron chi connectivity index (χ2n) is 4.75. The summed E-state index contributed by atoms with van der Waals surface area (Å²) in [4.78, 5) is 19.8. The van der Waals surface area contributed by atoms with Gasteiger partial charge in [-0.3, -0.25) is 0 Å². The zero-order chi connectivity index (χ0) is 14.1. The van der Waals surface area contributed by atoms with E-state index in [0.717, 1.165) is 38.3 Å². The zero-order valence-electron chi connectivity index (χ0n) is 12.2. The molecule has 6 nitrogen and oxygen atoms in total. The number of carbonyl (C=O) groups excluding carboxylic acids is 1. The van der Waals surface area contributed by atoms with E-state index in [4.69, 9.17) is 9.47 Å². The van der Waals surface area contributed by atoms with Crippen LogP contribution >= 0.6 is 0 Å². The Morgan fingerprint density at radius 2 is 2.05 bits per heavy atom. The first-order valence-electron chi connectivity index (χ1n) is 6.85. The predicted molar refractivity (Wildman–Crippen MR) is 74.6 cm³/mol. The standard InChI is InChI=1S/C13H25N3O3/c1-4-12(16-7-10-18-11-8-16)14-13(17)19-9-5-6-15(2)3/h4-11H2,1-3H3. The van der Waals surface area contributed by atoms with Gasteiger partial charge in [-0.05, 0) is 20.5 Å². The summed E-state index contributed by atoms with van der Waals surface area (Å²) in [5.74, 6) is 0.793. The van der Waals surface area contributed by atoms with Crippen molar-refractivity contribution in [1.29, 1.82) is 0 Å². The van der Waals surface area contributed by atoms with Gasteiger partial charge in [0.2, 0.25) is 0 Å². The van der Waals surface area contributed by atoms with E-state index in [1.807, 2.05) is 21.0 Å². The lowest BCUT2D eigenvalue weighted by Gasteiger charge is -2.29. The van der Waals surface area contributed by atoms with Gasteiger partial charge in [0.15, 0.2) is 0 Å². The van der Waals surface area contributed by atoms with Crippen LogP contribution in [0, 0.1) is 0 Å². The van der Waals surface area contributed by atoms with Crippen molar-refractivity contribution in [2.75, 3.05) is 53.6 Å². The molecule has 110 valence electrons. The molecule has 0 radical (unpaired) electrons. The maximum atomic E-state index is 11.6. The van der Waals surface area contributed by atoms with Crippen molar-refractivity contribution < 1.29 is 14.3 Å². The molecule has 1 heterocycles. The number of rotatable bonds is 5. The van der Waals surface area contributed by atoms with E-state index < -0.39 is 6.09 Å². The van der Waals surface area contributed by atoms with E-state index in [-0.39, 0.29) is 0 Å². The summed E-state index contributed by atoms with van der Waals surface area (Å²) in [7, 11) is 3.99. The minimum absolute atomic E-state index is 0.417. The van der Waals surface area contributed by atoms with Gasteiger partial charge in [0, 0.05) is 26.1 Å². The number of hydrogen-bond acceptors (Lipinski definition) is 4. The van der Waals surface area contributed by atoms with Crippen LogP contribution in [0.25, 0.3) is 0 Å². The summed E-state index contributed by atoms with van der Waals surface area (Å²) in [6, 6.07) is 0. The molecule has 0 unspecified atom stereocenters. The van der Waals surface area contributed by atoms with Crippen LogP contribution in [0.4, 0.5) is 4.79 Å². The van der Waals surface area contributed by atoms with Gasteiger partial charge in [0.25, 0.3) is 0 Å². The molecule has 1 saturated heterocycles. The number of ether oxygens (including phenoxy) is 2. The molecule has 1 rings (SSSR count). The Morgan fingerprint density at radius 3 is 2.63 bits per heavy atom. The highest BCUT2D eigenvalue weighted by molar-refractivity contribution is 5.91. The van der Waals surface area contributed by atoms with Crippen molar-refractivity contribution in [2.24, 2.45) is 4.99 Å². The molecular formula is C13H25N3O3. The van der Waals surface area contributed by atoms with Crippen LogP contribution in [0.5, 0.6) is 0 Å². The number of aliphatic imine (C=N–C) groups is 1. The van der Waals surface area contributed by atoms with Crippen molar-refractivity contribution in [1.82, 2.24) is 9.80 Å². The molecule has 6 heteroatoms. The topological polar surface area (TPSA) is 54.4 Å². The Hall–Kier alpha value is -1.14.